The van der Waals surface area contributed by atoms with Gasteiger partial charge in [-0.2, -0.15) is 8.61 Å². The lowest BCUT2D eigenvalue weighted by molar-refractivity contribution is 0.272. The number of piperazine rings is 1. The molecule has 1 heterocycles. The lowest BCUT2D eigenvalue weighted by atomic mass is 10.3. The Bertz CT molecular complexity index is 772. The first kappa shape index (κ1) is 18.1. The molecule has 1 aliphatic rings. The fourth-order valence-electron chi connectivity index (χ4n) is 2.36. The van der Waals surface area contributed by atoms with Crippen molar-refractivity contribution in [1.82, 2.24) is 8.61 Å². The predicted molar refractivity (Wildman–Crippen MR) is 82.7 cm³/mol. The topological polar surface area (TPSA) is 84.0 Å². The van der Waals surface area contributed by atoms with Gasteiger partial charge in [0.25, 0.3) is 0 Å². The molecular formula is C13H19FN2O5S2. The number of hydrogen-bond donors (Lipinski definition) is 0. The van der Waals surface area contributed by atoms with Crippen molar-refractivity contribution >= 4 is 20.0 Å². The molecule has 0 atom stereocenters. The van der Waals surface area contributed by atoms with Crippen molar-refractivity contribution < 1.29 is 26.0 Å². The van der Waals surface area contributed by atoms with Gasteiger partial charge in [0.15, 0.2) is 0 Å². The molecule has 0 bridgehead atoms. The van der Waals surface area contributed by atoms with Crippen LogP contribution in [-0.4, -0.2) is 64.5 Å². The molecule has 0 aromatic heterocycles. The van der Waals surface area contributed by atoms with E-state index >= 15 is 0 Å². The van der Waals surface area contributed by atoms with E-state index in [4.69, 9.17) is 4.74 Å². The number of rotatable bonds is 5. The third-order valence-electron chi connectivity index (χ3n) is 3.70. The molecule has 130 valence electrons. The summed E-state index contributed by atoms with van der Waals surface area (Å²) in [6, 6.07) is 3.27. The number of nitrogens with zero attached hydrogens (tertiary/aromatic N) is 2. The van der Waals surface area contributed by atoms with E-state index in [2.05, 4.69) is 0 Å². The maximum atomic E-state index is 13.4. The average molecular weight is 366 g/mol. The van der Waals surface area contributed by atoms with Crippen LogP contribution < -0.4 is 4.74 Å². The molecule has 0 N–H and O–H groups in total. The first-order chi connectivity index (χ1) is 10.7. The van der Waals surface area contributed by atoms with E-state index < -0.39 is 25.9 Å². The van der Waals surface area contributed by atoms with Gasteiger partial charge in [-0.05, 0) is 25.1 Å². The van der Waals surface area contributed by atoms with Gasteiger partial charge < -0.3 is 4.74 Å². The molecule has 0 spiro atoms. The fourth-order valence-corrected chi connectivity index (χ4v) is 5.04. The van der Waals surface area contributed by atoms with E-state index in [9.17, 15) is 21.2 Å². The molecule has 23 heavy (non-hydrogen) atoms. The van der Waals surface area contributed by atoms with E-state index in [0.717, 1.165) is 16.4 Å². The summed E-state index contributed by atoms with van der Waals surface area (Å²) < 4.78 is 69.8. The normalized spacial score (nSPS) is 18.0. The van der Waals surface area contributed by atoms with Crippen molar-refractivity contribution in [2.45, 2.75) is 11.8 Å². The summed E-state index contributed by atoms with van der Waals surface area (Å²) >= 11 is 0. The second-order valence-electron chi connectivity index (χ2n) is 5.00. The Morgan fingerprint density at radius 1 is 1.09 bits per heavy atom. The van der Waals surface area contributed by atoms with E-state index in [-0.39, 0.29) is 42.6 Å². The summed E-state index contributed by atoms with van der Waals surface area (Å²) in [5, 5.41) is 0. The van der Waals surface area contributed by atoms with Gasteiger partial charge in [-0.15, -0.1) is 0 Å². The highest BCUT2D eigenvalue weighted by Crippen LogP contribution is 2.28. The second-order valence-corrected chi connectivity index (χ2v) is 9.16. The van der Waals surface area contributed by atoms with Crippen LogP contribution in [0.5, 0.6) is 5.75 Å². The quantitative estimate of drug-likeness (QED) is 0.757. The molecule has 2 rings (SSSR count). The molecule has 1 aliphatic heterocycles. The smallest absolute Gasteiger partial charge is 0.246 e. The Balaban J connectivity index is 2.25. The zero-order valence-electron chi connectivity index (χ0n) is 12.9. The van der Waals surface area contributed by atoms with Gasteiger partial charge in [-0.1, -0.05) is 0 Å². The molecule has 1 fully saturated rings. The molecule has 0 aliphatic carbocycles. The first-order valence-electron chi connectivity index (χ1n) is 7.04. The summed E-state index contributed by atoms with van der Waals surface area (Å²) in [6.07, 6.45) is 0. The van der Waals surface area contributed by atoms with Crippen LogP contribution in [0.2, 0.25) is 0 Å². The molecule has 10 heteroatoms. The lowest BCUT2D eigenvalue weighted by Crippen LogP contribution is -2.50. The highest BCUT2D eigenvalue weighted by molar-refractivity contribution is 7.89. The minimum Gasteiger partial charge on any atom is -0.495 e. The van der Waals surface area contributed by atoms with Gasteiger partial charge in [-0.25, -0.2) is 21.2 Å². The van der Waals surface area contributed by atoms with Crippen LogP contribution in [0.15, 0.2) is 23.1 Å². The number of hydrogen-bond acceptors (Lipinski definition) is 5. The molecule has 7 nitrogen and oxygen atoms in total. The van der Waals surface area contributed by atoms with Crippen LogP contribution in [0.3, 0.4) is 0 Å². The molecule has 1 aromatic carbocycles. The molecule has 0 amide bonds. The van der Waals surface area contributed by atoms with Gasteiger partial charge in [-0.3, -0.25) is 0 Å². The average Bonchev–Trinajstić information content (AvgIpc) is 2.55. The zero-order chi connectivity index (χ0) is 17.3. The van der Waals surface area contributed by atoms with Gasteiger partial charge in [0, 0.05) is 26.2 Å². The number of ether oxygens (including phenoxy) is 1. The summed E-state index contributed by atoms with van der Waals surface area (Å²) in [4.78, 5) is -0.258. The predicted octanol–water partition coefficient (Wildman–Crippen LogP) is 0.490. The van der Waals surface area contributed by atoms with Crippen LogP contribution in [0.1, 0.15) is 6.92 Å². The monoisotopic (exact) mass is 366 g/mol. The van der Waals surface area contributed by atoms with Crippen LogP contribution in [0.4, 0.5) is 4.39 Å². The largest absolute Gasteiger partial charge is 0.495 e. The van der Waals surface area contributed by atoms with Gasteiger partial charge in [0.2, 0.25) is 20.0 Å². The van der Waals surface area contributed by atoms with Gasteiger partial charge >= 0.3 is 0 Å². The van der Waals surface area contributed by atoms with E-state index in [1.54, 1.807) is 0 Å². The molecule has 0 saturated carbocycles. The van der Waals surface area contributed by atoms with Crippen LogP contribution in [0.25, 0.3) is 0 Å². The Hall–Kier alpha value is -1.23. The van der Waals surface area contributed by atoms with Crippen molar-refractivity contribution in [3.8, 4) is 5.75 Å². The minimum absolute atomic E-state index is 0.0151. The third kappa shape index (κ3) is 3.65. The van der Waals surface area contributed by atoms with Crippen molar-refractivity contribution in [1.29, 1.82) is 0 Å². The Morgan fingerprint density at radius 2 is 1.65 bits per heavy atom. The van der Waals surface area contributed by atoms with Crippen LogP contribution in [0, 0.1) is 5.82 Å². The molecule has 0 radical (unpaired) electrons. The van der Waals surface area contributed by atoms with Crippen molar-refractivity contribution in [3.63, 3.8) is 0 Å². The van der Waals surface area contributed by atoms with Crippen molar-refractivity contribution in [2.24, 2.45) is 0 Å². The summed E-state index contributed by atoms with van der Waals surface area (Å²) in [5.41, 5.74) is 0. The minimum atomic E-state index is -3.96. The maximum absolute atomic E-state index is 13.4. The van der Waals surface area contributed by atoms with Crippen molar-refractivity contribution in [2.75, 3.05) is 39.0 Å². The number of halogens is 1. The van der Waals surface area contributed by atoms with Crippen molar-refractivity contribution in [3.05, 3.63) is 24.0 Å². The zero-order valence-corrected chi connectivity index (χ0v) is 14.5. The highest BCUT2D eigenvalue weighted by atomic mass is 32.2. The SMILES string of the molecule is CCS(=O)(=O)N1CCN(S(=O)(=O)c2cc(F)ccc2OC)CC1. The van der Waals surface area contributed by atoms with E-state index in [1.165, 1.54) is 24.4 Å². The molecular weight excluding hydrogens is 347 g/mol. The second kappa shape index (κ2) is 6.71. The lowest BCUT2D eigenvalue weighted by Gasteiger charge is -2.33. The first-order valence-corrected chi connectivity index (χ1v) is 10.1. The summed E-state index contributed by atoms with van der Waals surface area (Å²) in [5.74, 6) is -0.663. The van der Waals surface area contributed by atoms with E-state index in [1.807, 2.05) is 0 Å². The maximum Gasteiger partial charge on any atom is 0.246 e. The van der Waals surface area contributed by atoms with Gasteiger partial charge in [0.1, 0.15) is 16.5 Å². The highest BCUT2D eigenvalue weighted by Gasteiger charge is 2.34. The number of benzene rings is 1. The van der Waals surface area contributed by atoms with E-state index in [0.29, 0.717) is 0 Å². The number of methoxy groups -OCH3 is 1. The number of sulfonamides is 2. The standard InChI is InChI=1S/C13H19FN2O5S2/c1-3-22(17,18)15-6-8-16(9-7-15)23(19,20)13-10-11(14)4-5-12(13)21-2/h4-5,10H,3,6-9H2,1-2H3. The van der Waals surface area contributed by atoms with Gasteiger partial charge in [0.05, 0.1) is 12.9 Å². The Kier molecular flexibility index (Phi) is 5.29. The molecule has 1 aromatic rings. The summed E-state index contributed by atoms with van der Waals surface area (Å²) in [7, 11) is -6.00. The molecule has 1 saturated heterocycles. The van der Waals surface area contributed by atoms with Crippen LogP contribution >= 0.6 is 0 Å². The Labute approximate surface area is 135 Å². The molecule has 0 unspecified atom stereocenters. The van der Waals surface area contributed by atoms with Crippen LogP contribution in [-0.2, 0) is 20.0 Å². The third-order valence-corrected chi connectivity index (χ3v) is 7.50. The fraction of sp³-hybridized carbons (Fsp3) is 0.538. The Morgan fingerprint density at radius 3 is 2.17 bits per heavy atom. The summed E-state index contributed by atoms with van der Waals surface area (Å²) in [6.45, 7) is 1.72.